The Bertz CT molecular complexity index is 508. The van der Waals surface area contributed by atoms with E-state index in [0.29, 0.717) is 52.6 Å². The summed E-state index contributed by atoms with van der Waals surface area (Å²) in [5.41, 5.74) is -0.108. The van der Waals surface area contributed by atoms with Gasteiger partial charge in [-0.25, -0.2) is 4.79 Å². The highest BCUT2D eigenvalue weighted by atomic mass is 16.5. The Hall–Kier alpha value is -1.34. The predicted octanol–water partition coefficient (Wildman–Crippen LogP) is 0.790. The minimum Gasteiger partial charge on any atom is -0.381 e. The smallest absolute Gasteiger partial charge is 0.320 e. The van der Waals surface area contributed by atoms with Gasteiger partial charge in [0.15, 0.2) is 0 Å². The third-order valence-electron chi connectivity index (χ3n) is 6.40. The van der Waals surface area contributed by atoms with E-state index in [9.17, 15) is 9.59 Å². The van der Waals surface area contributed by atoms with Crippen LogP contribution >= 0.6 is 0 Å². The summed E-state index contributed by atoms with van der Waals surface area (Å²) in [6.45, 7) is 6.93. The van der Waals surface area contributed by atoms with Crippen LogP contribution in [0.15, 0.2) is 0 Å². The summed E-state index contributed by atoms with van der Waals surface area (Å²) in [5, 5.41) is 0. The van der Waals surface area contributed by atoms with Gasteiger partial charge in [-0.3, -0.25) is 4.79 Å². The molecule has 0 aliphatic carbocycles. The van der Waals surface area contributed by atoms with Crippen molar-refractivity contribution in [3.63, 3.8) is 0 Å². The summed E-state index contributed by atoms with van der Waals surface area (Å²) < 4.78 is 11.0. The molecule has 3 amide bonds. The zero-order chi connectivity index (χ0) is 17.3. The van der Waals surface area contributed by atoms with Crippen molar-refractivity contribution in [3.05, 3.63) is 0 Å². The number of likely N-dealkylation sites (tertiary alicyclic amines) is 2. The van der Waals surface area contributed by atoms with Crippen LogP contribution in [0.25, 0.3) is 0 Å². The zero-order valence-electron chi connectivity index (χ0n) is 15.0. The van der Waals surface area contributed by atoms with Crippen molar-refractivity contribution in [2.45, 2.75) is 25.7 Å². The molecule has 1 spiro atoms. The molecule has 0 radical (unpaired) electrons. The molecule has 1 unspecified atom stereocenters. The summed E-state index contributed by atoms with van der Waals surface area (Å²) in [5.74, 6) is 0.114. The quantitative estimate of drug-likeness (QED) is 0.701. The number of carbonyl (C=O) groups is 2. The Balaban J connectivity index is 1.52. The van der Waals surface area contributed by atoms with Crippen LogP contribution in [0.1, 0.15) is 25.7 Å². The number of hydrogen-bond donors (Lipinski definition) is 0. The van der Waals surface area contributed by atoms with Gasteiger partial charge in [-0.2, -0.15) is 0 Å². The van der Waals surface area contributed by atoms with Crippen molar-refractivity contribution < 1.29 is 19.1 Å². The van der Waals surface area contributed by atoms with Gasteiger partial charge in [0, 0.05) is 57.9 Å². The SMILES string of the molecule is O=C(C1CN(C(=O)N2CCCC2)CC12CCOCC2)N1CCOCC1. The lowest BCUT2D eigenvalue weighted by Crippen LogP contribution is -2.49. The molecule has 0 bridgehead atoms. The number of hydrogen-bond acceptors (Lipinski definition) is 4. The van der Waals surface area contributed by atoms with E-state index in [1.807, 2.05) is 14.7 Å². The van der Waals surface area contributed by atoms with Gasteiger partial charge in [-0.15, -0.1) is 0 Å². The maximum Gasteiger partial charge on any atom is 0.320 e. The van der Waals surface area contributed by atoms with Crippen LogP contribution in [0.4, 0.5) is 4.79 Å². The van der Waals surface area contributed by atoms with Crippen LogP contribution in [-0.2, 0) is 14.3 Å². The largest absolute Gasteiger partial charge is 0.381 e. The lowest BCUT2D eigenvalue weighted by Gasteiger charge is -2.39. The van der Waals surface area contributed by atoms with Gasteiger partial charge in [-0.05, 0) is 25.7 Å². The summed E-state index contributed by atoms with van der Waals surface area (Å²) in [4.78, 5) is 32.0. The van der Waals surface area contributed by atoms with E-state index in [-0.39, 0.29) is 23.3 Å². The first-order valence-corrected chi connectivity index (χ1v) is 9.68. The van der Waals surface area contributed by atoms with Gasteiger partial charge >= 0.3 is 6.03 Å². The molecule has 0 saturated carbocycles. The fourth-order valence-corrected chi connectivity index (χ4v) is 4.85. The molecule has 0 N–H and O–H groups in total. The molecule has 1 atom stereocenters. The van der Waals surface area contributed by atoms with E-state index in [1.54, 1.807) is 0 Å². The molecule has 7 heteroatoms. The average Bonchev–Trinajstić information content (AvgIpc) is 3.31. The van der Waals surface area contributed by atoms with E-state index >= 15 is 0 Å². The normalized spacial score (nSPS) is 29.4. The molecule has 4 rings (SSSR count). The maximum absolute atomic E-state index is 13.2. The van der Waals surface area contributed by atoms with E-state index in [4.69, 9.17) is 9.47 Å². The minimum atomic E-state index is -0.108. The van der Waals surface area contributed by atoms with Gasteiger partial charge in [0.05, 0.1) is 19.1 Å². The number of morpholine rings is 1. The first-order valence-electron chi connectivity index (χ1n) is 9.68. The van der Waals surface area contributed by atoms with Crippen LogP contribution in [-0.4, -0.2) is 92.3 Å². The lowest BCUT2D eigenvalue weighted by atomic mass is 9.71. The van der Waals surface area contributed by atoms with Crippen molar-refractivity contribution in [1.82, 2.24) is 14.7 Å². The summed E-state index contributed by atoms with van der Waals surface area (Å²) in [6.07, 6.45) is 3.93. The van der Waals surface area contributed by atoms with Gasteiger partial charge in [0.25, 0.3) is 0 Å². The second-order valence-corrected chi connectivity index (χ2v) is 7.82. The van der Waals surface area contributed by atoms with E-state index in [1.165, 1.54) is 0 Å². The first-order chi connectivity index (χ1) is 12.2. The van der Waals surface area contributed by atoms with Crippen LogP contribution in [0.3, 0.4) is 0 Å². The highest BCUT2D eigenvalue weighted by Gasteiger charge is 2.53. The molecule has 4 aliphatic heterocycles. The van der Waals surface area contributed by atoms with Crippen molar-refractivity contribution in [3.8, 4) is 0 Å². The molecule has 25 heavy (non-hydrogen) atoms. The number of ether oxygens (including phenoxy) is 2. The number of amides is 3. The van der Waals surface area contributed by atoms with Crippen LogP contribution < -0.4 is 0 Å². The molecule has 0 aromatic rings. The molecule has 0 aromatic carbocycles. The van der Waals surface area contributed by atoms with Crippen molar-refractivity contribution >= 4 is 11.9 Å². The van der Waals surface area contributed by atoms with Gasteiger partial charge in [-0.1, -0.05) is 0 Å². The minimum absolute atomic E-state index is 0.0962. The third kappa shape index (κ3) is 3.24. The van der Waals surface area contributed by atoms with Gasteiger partial charge in [0.2, 0.25) is 5.91 Å². The van der Waals surface area contributed by atoms with Crippen molar-refractivity contribution in [1.29, 1.82) is 0 Å². The Kier molecular flexibility index (Phi) is 4.86. The molecular weight excluding hydrogens is 322 g/mol. The number of rotatable bonds is 1. The number of urea groups is 1. The van der Waals surface area contributed by atoms with Gasteiger partial charge in [0.1, 0.15) is 0 Å². The van der Waals surface area contributed by atoms with Crippen LogP contribution in [0.2, 0.25) is 0 Å². The van der Waals surface area contributed by atoms with E-state index in [0.717, 1.165) is 38.8 Å². The molecule has 4 heterocycles. The first kappa shape index (κ1) is 17.1. The van der Waals surface area contributed by atoms with Crippen LogP contribution in [0.5, 0.6) is 0 Å². The Labute approximate surface area is 149 Å². The topological polar surface area (TPSA) is 62.3 Å². The third-order valence-corrected chi connectivity index (χ3v) is 6.40. The van der Waals surface area contributed by atoms with Crippen molar-refractivity contribution in [2.24, 2.45) is 11.3 Å². The monoisotopic (exact) mass is 351 g/mol. The average molecular weight is 351 g/mol. The zero-order valence-corrected chi connectivity index (χ0v) is 15.0. The summed E-state index contributed by atoms with van der Waals surface area (Å²) in [6, 6.07) is 0.126. The number of carbonyl (C=O) groups excluding carboxylic acids is 2. The molecule has 4 fully saturated rings. The van der Waals surface area contributed by atoms with E-state index < -0.39 is 0 Å². The van der Waals surface area contributed by atoms with Gasteiger partial charge < -0.3 is 24.2 Å². The second kappa shape index (κ2) is 7.11. The highest BCUT2D eigenvalue weighted by Crippen LogP contribution is 2.45. The maximum atomic E-state index is 13.2. The molecule has 4 aliphatic rings. The second-order valence-electron chi connectivity index (χ2n) is 7.82. The molecule has 140 valence electrons. The Morgan fingerprint density at radius 1 is 0.800 bits per heavy atom. The Morgan fingerprint density at radius 3 is 2.12 bits per heavy atom. The highest BCUT2D eigenvalue weighted by molar-refractivity contribution is 5.83. The fourth-order valence-electron chi connectivity index (χ4n) is 4.85. The Morgan fingerprint density at radius 2 is 1.44 bits per heavy atom. The summed E-state index contributed by atoms with van der Waals surface area (Å²) >= 11 is 0. The van der Waals surface area contributed by atoms with E-state index in [2.05, 4.69) is 0 Å². The fraction of sp³-hybridized carbons (Fsp3) is 0.889. The molecule has 4 saturated heterocycles. The molecule has 0 aromatic heterocycles. The predicted molar refractivity (Wildman–Crippen MR) is 91.2 cm³/mol. The van der Waals surface area contributed by atoms with Crippen molar-refractivity contribution in [2.75, 3.05) is 65.7 Å². The standard InChI is InChI=1S/C18H29N3O4/c22-16(19-7-11-25-12-8-19)15-13-21(17(23)20-5-1-2-6-20)14-18(15)3-9-24-10-4-18/h15H,1-14H2. The summed E-state index contributed by atoms with van der Waals surface area (Å²) in [7, 11) is 0. The van der Waals surface area contributed by atoms with Crippen LogP contribution in [0, 0.1) is 11.3 Å². The lowest BCUT2D eigenvalue weighted by molar-refractivity contribution is -0.144. The molecule has 7 nitrogen and oxygen atoms in total. The molecular formula is C18H29N3O4. The number of nitrogens with zero attached hydrogens (tertiary/aromatic N) is 3.